The number of hydrogen-bond acceptors (Lipinski definition) is 4. The van der Waals surface area contributed by atoms with Gasteiger partial charge in [0, 0.05) is 11.7 Å². The normalized spacial score (nSPS) is 20.0. The van der Waals surface area contributed by atoms with Crippen LogP contribution in [0, 0.1) is 0 Å². The fourth-order valence-electron chi connectivity index (χ4n) is 3.12. The highest BCUT2D eigenvalue weighted by atomic mass is 16.5. The molecule has 6 nitrogen and oxygen atoms in total. The van der Waals surface area contributed by atoms with E-state index in [-0.39, 0.29) is 18.5 Å². The first-order valence-electron chi connectivity index (χ1n) is 7.88. The van der Waals surface area contributed by atoms with Crippen LogP contribution < -0.4 is 15.5 Å². The Kier molecular flexibility index (Phi) is 4.23. The summed E-state index contributed by atoms with van der Waals surface area (Å²) in [5.41, 5.74) is 3.56. The van der Waals surface area contributed by atoms with E-state index in [9.17, 15) is 9.59 Å². The zero-order chi connectivity index (χ0) is 16.4. The van der Waals surface area contributed by atoms with Crippen LogP contribution >= 0.6 is 0 Å². The Balaban J connectivity index is 1.89. The predicted molar refractivity (Wildman–Crippen MR) is 87.1 cm³/mol. The summed E-state index contributed by atoms with van der Waals surface area (Å²) >= 11 is 0. The molecular formula is C17H21N3O3. The van der Waals surface area contributed by atoms with Gasteiger partial charge in [-0.05, 0) is 31.9 Å². The number of nitrogens with one attached hydrogen (secondary N) is 2. The van der Waals surface area contributed by atoms with E-state index in [1.54, 1.807) is 6.92 Å². The number of nitrogens with zero attached hydrogens (tertiary/aromatic N) is 1. The number of esters is 1. The fraction of sp³-hybridized carbons (Fsp3) is 0.412. The van der Waals surface area contributed by atoms with Crippen molar-refractivity contribution in [1.29, 1.82) is 0 Å². The molecule has 0 bridgehead atoms. The number of carbonyl (C=O) groups is 2. The van der Waals surface area contributed by atoms with Crippen LogP contribution in [0.1, 0.15) is 19.4 Å². The summed E-state index contributed by atoms with van der Waals surface area (Å²) in [6.07, 6.45) is 0.963. The van der Waals surface area contributed by atoms with Gasteiger partial charge in [-0.2, -0.15) is 0 Å². The van der Waals surface area contributed by atoms with Gasteiger partial charge in [0.2, 0.25) is 0 Å². The Morgan fingerprint density at radius 3 is 2.96 bits per heavy atom. The lowest BCUT2D eigenvalue weighted by molar-refractivity contribution is -0.138. The van der Waals surface area contributed by atoms with Gasteiger partial charge in [-0.3, -0.25) is 0 Å². The molecule has 2 N–H and O–H groups in total. The molecule has 0 saturated heterocycles. The Morgan fingerprint density at radius 1 is 1.39 bits per heavy atom. The highest BCUT2D eigenvalue weighted by Crippen LogP contribution is 2.32. The predicted octanol–water partition coefficient (Wildman–Crippen LogP) is 1.57. The lowest BCUT2D eigenvalue weighted by Gasteiger charge is -2.29. The molecule has 0 saturated carbocycles. The van der Waals surface area contributed by atoms with Crippen molar-refractivity contribution < 1.29 is 14.3 Å². The van der Waals surface area contributed by atoms with E-state index in [4.69, 9.17) is 4.74 Å². The average Bonchev–Trinajstić information content (AvgIpc) is 2.84. The zero-order valence-electron chi connectivity index (χ0n) is 13.4. The van der Waals surface area contributed by atoms with Crippen LogP contribution in [0.2, 0.25) is 0 Å². The minimum atomic E-state index is -0.380. The molecule has 2 aliphatic heterocycles. The molecule has 2 aliphatic rings. The summed E-state index contributed by atoms with van der Waals surface area (Å²) in [6, 6.07) is 8.26. The van der Waals surface area contributed by atoms with Gasteiger partial charge in [-0.1, -0.05) is 18.2 Å². The molecule has 6 heteroatoms. The number of urea groups is 1. The SMILES string of the molecule is CCOC(=O)C1=C(CN2c3ccccc3C[C@@H]2C)NC(=O)NC1. The molecule has 23 heavy (non-hydrogen) atoms. The van der Waals surface area contributed by atoms with E-state index < -0.39 is 0 Å². The lowest BCUT2D eigenvalue weighted by atomic mass is 10.1. The molecule has 122 valence electrons. The van der Waals surface area contributed by atoms with E-state index >= 15 is 0 Å². The third-order valence-corrected chi connectivity index (χ3v) is 4.25. The van der Waals surface area contributed by atoms with Crippen LogP contribution in [-0.2, 0) is 16.0 Å². The van der Waals surface area contributed by atoms with Crippen molar-refractivity contribution in [3.8, 4) is 0 Å². The summed E-state index contributed by atoms with van der Waals surface area (Å²) in [7, 11) is 0. The van der Waals surface area contributed by atoms with Crippen molar-refractivity contribution in [3.63, 3.8) is 0 Å². The Bertz CT molecular complexity index is 669. The Labute approximate surface area is 135 Å². The molecule has 0 aromatic heterocycles. The maximum Gasteiger partial charge on any atom is 0.337 e. The first kappa shape index (κ1) is 15.4. The van der Waals surface area contributed by atoms with Gasteiger partial charge in [0.05, 0.1) is 31.0 Å². The van der Waals surface area contributed by atoms with Crippen molar-refractivity contribution in [3.05, 3.63) is 41.1 Å². The first-order valence-corrected chi connectivity index (χ1v) is 7.88. The molecule has 0 unspecified atom stereocenters. The fourth-order valence-corrected chi connectivity index (χ4v) is 3.12. The third kappa shape index (κ3) is 3.02. The molecule has 0 fully saturated rings. The molecule has 2 amide bonds. The van der Waals surface area contributed by atoms with E-state index in [0.29, 0.717) is 30.5 Å². The number of ether oxygens (including phenoxy) is 1. The molecule has 2 heterocycles. The number of fused-ring (bicyclic) bond motifs is 1. The van der Waals surface area contributed by atoms with Crippen LogP contribution in [0.3, 0.4) is 0 Å². The van der Waals surface area contributed by atoms with Crippen LogP contribution in [0.4, 0.5) is 10.5 Å². The second kappa shape index (κ2) is 6.32. The largest absolute Gasteiger partial charge is 0.463 e. The zero-order valence-corrected chi connectivity index (χ0v) is 13.4. The molecule has 0 spiro atoms. The van der Waals surface area contributed by atoms with Gasteiger partial charge in [0.15, 0.2) is 0 Å². The van der Waals surface area contributed by atoms with Crippen LogP contribution in [0.25, 0.3) is 0 Å². The summed E-state index contributed by atoms with van der Waals surface area (Å²) in [5, 5.41) is 5.40. The molecular weight excluding hydrogens is 294 g/mol. The number of benzene rings is 1. The van der Waals surface area contributed by atoms with Gasteiger partial charge >= 0.3 is 12.0 Å². The second-order valence-electron chi connectivity index (χ2n) is 5.80. The first-order chi connectivity index (χ1) is 11.1. The molecule has 1 aromatic carbocycles. The summed E-state index contributed by atoms with van der Waals surface area (Å²) in [6.45, 7) is 4.91. The number of para-hydroxylation sites is 1. The maximum atomic E-state index is 12.1. The minimum absolute atomic E-state index is 0.198. The van der Waals surface area contributed by atoms with Crippen molar-refractivity contribution in [2.24, 2.45) is 0 Å². The number of carbonyl (C=O) groups excluding carboxylic acids is 2. The van der Waals surface area contributed by atoms with Gasteiger partial charge in [-0.25, -0.2) is 9.59 Å². The topological polar surface area (TPSA) is 70.7 Å². The Morgan fingerprint density at radius 2 is 2.17 bits per heavy atom. The number of amides is 2. The second-order valence-corrected chi connectivity index (χ2v) is 5.80. The number of hydrogen-bond donors (Lipinski definition) is 2. The summed E-state index contributed by atoms with van der Waals surface area (Å²) < 4.78 is 5.10. The summed E-state index contributed by atoms with van der Waals surface area (Å²) in [4.78, 5) is 26.0. The molecule has 0 aliphatic carbocycles. The van der Waals surface area contributed by atoms with E-state index in [0.717, 1.165) is 12.1 Å². The van der Waals surface area contributed by atoms with Crippen molar-refractivity contribution in [2.75, 3.05) is 24.6 Å². The van der Waals surface area contributed by atoms with Gasteiger partial charge in [0.1, 0.15) is 0 Å². The molecule has 1 aromatic rings. The van der Waals surface area contributed by atoms with Crippen molar-refractivity contribution in [2.45, 2.75) is 26.3 Å². The van der Waals surface area contributed by atoms with Gasteiger partial charge in [0.25, 0.3) is 0 Å². The van der Waals surface area contributed by atoms with Crippen molar-refractivity contribution in [1.82, 2.24) is 10.6 Å². The number of anilines is 1. The van der Waals surface area contributed by atoms with Crippen LogP contribution in [0.5, 0.6) is 0 Å². The van der Waals surface area contributed by atoms with Crippen LogP contribution in [-0.4, -0.2) is 37.7 Å². The lowest BCUT2D eigenvalue weighted by Crippen LogP contribution is -2.47. The van der Waals surface area contributed by atoms with Crippen LogP contribution in [0.15, 0.2) is 35.5 Å². The minimum Gasteiger partial charge on any atom is -0.463 e. The monoisotopic (exact) mass is 315 g/mol. The summed E-state index contributed by atoms with van der Waals surface area (Å²) in [5.74, 6) is -0.380. The average molecular weight is 315 g/mol. The molecule has 1 atom stereocenters. The highest BCUT2D eigenvalue weighted by molar-refractivity contribution is 5.94. The van der Waals surface area contributed by atoms with E-state index in [1.807, 2.05) is 12.1 Å². The van der Waals surface area contributed by atoms with Gasteiger partial charge in [-0.15, -0.1) is 0 Å². The quantitative estimate of drug-likeness (QED) is 0.828. The highest BCUT2D eigenvalue weighted by Gasteiger charge is 2.30. The van der Waals surface area contributed by atoms with Crippen molar-refractivity contribution >= 4 is 17.7 Å². The standard InChI is InChI=1S/C17H21N3O3/c1-3-23-16(21)13-9-18-17(22)19-14(13)10-20-11(2)8-12-6-4-5-7-15(12)20/h4-7,11H,3,8-10H2,1-2H3,(H2,18,19,22)/t11-/m0/s1. The van der Waals surface area contributed by atoms with E-state index in [2.05, 4.69) is 34.6 Å². The third-order valence-electron chi connectivity index (χ3n) is 4.25. The smallest absolute Gasteiger partial charge is 0.337 e. The molecule has 3 rings (SSSR count). The molecule has 0 radical (unpaired) electrons. The van der Waals surface area contributed by atoms with E-state index in [1.165, 1.54) is 5.56 Å². The Hall–Kier alpha value is -2.50. The maximum absolute atomic E-state index is 12.1. The number of rotatable bonds is 4. The van der Waals surface area contributed by atoms with Gasteiger partial charge < -0.3 is 20.3 Å².